The normalized spacial score (nSPS) is 17.1. The average molecular weight is 272 g/mol. The number of nitrogens with one attached hydrogen (secondary N) is 1. The van der Waals surface area contributed by atoms with E-state index in [0.29, 0.717) is 18.3 Å². The van der Waals surface area contributed by atoms with Crippen LogP contribution < -0.4 is 5.32 Å². The molecule has 1 saturated carbocycles. The summed E-state index contributed by atoms with van der Waals surface area (Å²) in [6, 6.07) is 2.26. The second-order valence-corrected chi connectivity index (χ2v) is 4.74. The molecule has 0 aliphatic heterocycles. The van der Waals surface area contributed by atoms with Crippen LogP contribution in [0.1, 0.15) is 36.2 Å². The minimum atomic E-state index is 0.0128. The highest BCUT2D eigenvalue weighted by Crippen LogP contribution is 2.19. The van der Waals surface area contributed by atoms with Gasteiger partial charge < -0.3 is 9.73 Å². The minimum Gasteiger partial charge on any atom is -0.460 e. The SMILES string of the molecule is O=C(CNC1CCCC1)c1occc1Br. The van der Waals surface area contributed by atoms with Crippen molar-refractivity contribution < 1.29 is 9.21 Å². The molecule has 0 radical (unpaired) electrons. The van der Waals surface area contributed by atoms with E-state index in [4.69, 9.17) is 4.42 Å². The maximum atomic E-state index is 11.7. The van der Waals surface area contributed by atoms with Crippen molar-refractivity contribution in [3.63, 3.8) is 0 Å². The predicted molar refractivity (Wildman–Crippen MR) is 61.0 cm³/mol. The number of carbonyl (C=O) groups is 1. The van der Waals surface area contributed by atoms with Gasteiger partial charge in [-0.3, -0.25) is 4.79 Å². The molecule has 0 saturated heterocycles. The smallest absolute Gasteiger partial charge is 0.212 e. The summed E-state index contributed by atoms with van der Waals surface area (Å²) in [7, 11) is 0. The van der Waals surface area contributed by atoms with Gasteiger partial charge in [-0.1, -0.05) is 12.8 Å². The number of Topliss-reactive ketones (excluding diaryl/α,β-unsaturated/α-hetero) is 1. The van der Waals surface area contributed by atoms with Gasteiger partial charge in [-0.2, -0.15) is 0 Å². The van der Waals surface area contributed by atoms with E-state index in [1.165, 1.54) is 31.9 Å². The van der Waals surface area contributed by atoms with E-state index in [0.717, 1.165) is 4.47 Å². The van der Waals surface area contributed by atoms with Gasteiger partial charge in [-0.05, 0) is 34.8 Å². The molecule has 1 aliphatic carbocycles. The highest BCUT2D eigenvalue weighted by Gasteiger charge is 2.18. The molecule has 0 unspecified atom stereocenters. The zero-order valence-corrected chi connectivity index (χ0v) is 10.0. The van der Waals surface area contributed by atoms with Crippen LogP contribution in [0.25, 0.3) is 0 Å². The van der Waals surface area contributed by atoms with E-state index in [1.54, 1.807) is 6.07 Å². The highest BCUT2D eigenvalue weighted by molar-refractivity contribution is 9.10. The molecule has 0 spiro atoms. The molecule has 1 N–H and O–H groups in total. The largest absolute Gasteiger partial charge is 0.460 e. The summed E-state index contributed by atoms with van der Waals surface area (Å²) in [5.74, 6) is 0.430. The van der Waals surface area contributed by atoms with Crippen LogP contribution in [0.15, 0.2) is 21.2 Å². The maximum absolute atomic E-state index is 11.7. The van der Waals surface area contributed by atoms with Crippen LogP contribution in [-0.2, 0) is 0 Å². The Kier molecular flexibility index (Phi) is 3.59. The number of hydrogen-bond acceptors (Lipinski definition) is 3. The summed E-state index contributed by atoms with van der Waals surface area (Å²) < 4.78 is 5.84. The molecule has 15 heavy (non-hydrogen) atoms. The molecule has 1 aliphatic rings. The van der Waals surface area contributed by atoms with Crippen molar-refractivity contribution in [2.75, 3.05) is 6.54 Å². The first-order valence-electron chi connectivity index (χ1n) is 5.27. The van der Waals surface area contributed by atoms with E-state index in [9.17, 15) is 4.79 Å². The molecule has 0 aromatic carbocycles. The van der Waals surface area contributed by atoms with Crippen molar-refractivity contribution in [2.24, 2.45) is 0 Å². The van der Waals surface area contributed by atoms with Gasteiger partial charge in [-0.15, -0.1) is 0 Å². The fraction of sp³-hybridized carbons (Fsp3) is 0.545. The monoisotopic (exact) mass is 271 g/mol. The summed E-state index contributed by atoms with van der Waals surface area (Å²) in [6.07, 6.45) is 6.44. The van der Waals surface area contributed by atoms with Crippen molar-refractivity contribution in [3.8, 4) is 0 Å². The number of rotatable bonds is 4. The summed E-state index contributed by atoms with van der Waals surface area (Å²) in [5, 5.41) is 3.27. The number of halogens is 1. The van der Waals surface area contributed by atoms with Gasteiger partial charge in [0.2, 0.25) is 5.78 Å². The lowest BCUT2D eigenvalue weighted by molar-refractivity contribution is 0.0959. The molecule has 1 aromatic heterocycles. The first-order chi connectivity index (χ1) is 7.27. The molecule has 1 aromatic rings. The van der Waals surface area contributed by atoms with Crippen molar-refractivity contribution in [1.82, 2.24) is 5.32 Å². The summed E-state index contributed by atoms with van der Waals surface area (Å²) in [5.41, 5.74) is 0. The van der Waals surface area contributed by atoms with Crippen molar-refractivity contribution >= 4 is 21.7 Å². The number of carbonyl (C=O) groups excluding carboxylic acids is 1. The second kappa shape index (κ2) is 4.94. The third-order valence-corrected chi connectivity index (χ3v) is 3.40. The van der Waals surface area contributed by atoms with E-state index >= 15 is 0 Å². The zero-order valence-electron chi connectivity index (χ0n) is 8.46. The fourth-order valence-corrected chi connectivity index (χ4v) is 2.36. The Morgan fingerprint density at radius 1 is 1.53 bits per heavy atom. The molecule has 0 bridgehead atoms. The van der Waals surface area contributed by atoms with Crippen molar-refractivity contribution in [3.05, 3.63) is 22.6 Å². The number of ketones is 1. The molecular formula is C11H14BrNO2. The van der Waals surface area contributed by atoms with Crippen LogP contribution in [0.4, 0.5) is 0 Å². The van der Waals surface area contributed by atoms with E-state index in [2.05, 4.69) is 21.2 Å². The second-order valence-electron chi connectivity index (χ2n) is 3.88. The molecule has 1 fully saturated rings. The third kappa shape index (κ3) is 2.69. The topological polar surface area (TPSA) is 42.2 Å². The van der Waals surface area contributed by atoms with Gasteiger partial charge in [0.15, 0.2) is 5.76 Å². The van der Waals surface area contributed by atoms with Crippen LogP contribution in [0.3, 0.4) is 0 Å². The van der Waals surface area contributed by atoms with Gasteiger partial charge in [0.1, 0.15) is 0 Å². The molecule has 0 amide bonds. The summed E-state index contributed by atoms with van der Waals surface area (Å²) in [6.45, 7) is 0.372. The molecule has 2 rings (SSSR count). The molecular weight excluding hydrogens is 258 g/mol. The maximum Gasteiger partial charge on any atom is 0.212 e. The molecule has 82 valence electrons. The quantitative estimate of drug-likeness (QED) is 0.857. The first-order valence-corrected chi connectivity index (χ1v) is 6.06. The highest BCUT2D eigenvalue weighted by atomic mass is 79.9. The van der Waals surface area contributed by atoms with Gasteiger partial charge in [0, 0.05) is 6.04 Å². The summed E-state index contributed by atoms with van der Waals surface area (Å²) >= 11 is 3.28. The van der Waals surface area contributed by atoms with Crippen molar-refractivity contribution in [1.29, 1.82) is 0 Å². The van der Waals surface area contributed by atoms with Gasteiger partial charge in [0.25, 0.3) is 0 Å². The zero-order chi connectivity index (χ0) is 10.7. The number of furan rings is 1. The Morgan fingerprint density at radius 3 is 2.87 bits per heavy atom. The average Bonchev–Trinajstić information content (AvgIpc) is 2.84. The van der Waals surface area contributed by atoms with E-state index in [1.807, 2.05) is 0 Å². The Hall–Kier alpha value is -0.610. The predicted octanol–water partition coefficient (Wildman–Crippen LogP) is 2.76. The third-order valence-electron chi connectivity index (χ3n) is 2.78. The minimum absolute atomic E-state index is 0.0128. The Bertz CT molecular complexity index is 342. The Balaban J connectivity index is 1.84. The summed E-state index contributed by atoms with van der Waals surface area (Å²) in [4.78, 5) is 11.7. The molecule has 1 heterocycles. The number of hydrogen-bond donors (Lipinski definition) is 1. The van der Waals surface area contributed by atoms with Crippen molar-refractivity contribution in [2.45, 2.75) is 31.7 Å². The van der Waals surface area contributed by atoms with Gasteiger partial charge in [-0.25, -0.2) is 0 Å². The van der Waals surface area contributed by atoms with Crippen LogP contribution in [-0.4, -0.2) is 18.4 Å². The molecule has 0 atom stereocenters. The Morgan fingerprint density at radius 2 is 2.27 bits per heavy atom. The fourth-order valence-electron chi connectivity index (χ4n) is 1.94. The standard InChI is InChI=1S/C11H14BrNO2/c12-9-5-6-15-11(9)10(14)7-13-8-3-1-2-4-8/h5-6,8,13H,1-4,7H2. The molecule has 3 nitrogen and oxygen atoms in total. The van der Waals surface area contributed by atoms with Crippen LogP contribution in [0, 0.1) is 0 Å². The van der Waals surface area contributed by atoms with Crippen LogP contribution >= 0.6 is 15.9 Å². The van der Waals surface area contributed by atoms with Gasteiger partial charge >= 0.3 is 0 Å². The van der Waals surface area contributed by atoms with Crippen LogP contribution in [0.2, 0.25) is 0 Å². The lowest BCUT2D eigenvalue weighted by Crippen LogP contribution is -2.31. The van der Waals surface area contributed by atoms with Crippen LogP contribution in [0.5, 0.6) is 0 Å². The van der Waals surface area contributed by atoms with E-state index in [-0.39, 0.29) is 5.78 Å². The van der Waals surface area contributed by atoms with Gasteiger partial charge in [0.05, 0.1) is 17.3 Å². The lowest BCUT2D eigenvalue weighted by Gasteiger charge is -2.09. The molecule has 4 heteroatoms. The lowest BCUT2D eigenvalue weighted by atomic mass is 10.2. The van der Waals surface area contributed by atoms with E-state index < -0.39 is 0 Å². The first kappa shape index (κ1) is 10.9. The Labute approximate surface area is 97.4 Å².